The molecule has 1 saturated heterocycles. The molecule has 13 nitrogen and oxygen atoms in total. The second-order valence-electron chi connectivity index (χ2n) is 9.22. The number of nitrogen functional groups attached to an aromatic ring is 1. The molecule has 3 heterocycles. The Morgan fingerprint density at radius 2 is 1.97 bits per heavy atom. The molecule has 2 aliphatic rings. The van der Waals surface area contributed by atoms with Gasteiger partial charge in [-0.2, -0.15) is 9.36 Å². The van der Waals surface area contributed by atoms with Gasteiger partial charge in [0, 0.05) is 23.0 Å². The van der Waals surface area contributed by atoms with Crippen molar-refractivity contribution in [3.63, 3.8) is 0 Å². The van der Waals surface area contributed by atoms with Gasteiger partial charge in [0.1, 0.15) is 16.7 Å². The van der Waals surface area contributed by atoms with Crippen molar-refractivity contribution < 1.29 is 33.9 Å². The summed E-state index contributed by atoms with van der Waals surface area (Å²) in [6, 6.07) is 0. The number of carbonyl (C=O) groups excluding carboxylic acids is 3. The molecule has 0 spiro atoms. The summed E-state index contributed by atoms with van der Waals surface area (Å²) >= 11 is 7.99. The van der Waals surface area contributed by atoms with Gasteiger partial charge in [-0.3, -0.25) is 14.5 Å². The van der Waals surface area contributed by atoms with Gasteiger partial charge in [-0.25, -0.2) is 9.59 Å². The minimum Gasteiger partial charge on any atom is -0.477 e. The summed E-state index contributed by atoms with van der Waals surface area (Å²) in [7, 11) is 0. The largest absolute Gasteiger partial charge is 0.477 e. The molecular formula is C20H25ClN6O7S2. The first-order chi connectivity index (χ1) is 16.6. The van der Waals surface area contributed by atoms with E-state index in [1.807, 2.05) is 0 Å². The van der Waals surface area contributed by atoms with Crippen LogP contribution < -0.4 is 11.1 Å². The van der Waals surface area contributed by atoms with Gasteiger partial charge in [-0.15, -0.1) is 23.4 Å². The highest BCUT2D eigenvalue weighted by Crippen LogP contribution is 2.43. The lowest BCUT2D eigenvalue weighted by Crippen LogP contribution is -2.57. The SMILES string of the molecule is CC(C)(C)OC(=O)C(C)(C)O/N=C(\C(=O)NC1SC2CC(=O)N2C(C(=O)O)=C1CCl)c1nsc(N)n1. The number of aromatic nitrogens is 2. The van der Waals surface area contributed by atoms with Crippen molar-refractivity contribution in [3.8, 4) is 0 Å². The minimum atomic E-state index is -1.58. The van der Waals surface area contributed by atoms with Crippen molar-refractivity contribution in [2.75, 3.05) is 11.6 Å². The number of carboxylic acids is 1. The maximum absolute atomic E-state index is 13.3. The van der Waals surface area contributed by atoms with Crippen LogP contribution in [0, 0.1) is 0 Å². The number of nitrogens with one attached hydrogen (secondary N) is 1. The average molecular weight is 561 g/mol. The van der Waals surface area contributed by atoms with Gasteiger partial charge < -0.3 is 25.7 Å². The zero-order chi connectivity index (χ0) is 27.0. The molecule has 4 N–H and O–H groups in total. The van der Waals surface area contributed by atoms with Gasteiger partial charge in [0.05, 0.1) is 11.8 Å². The number of alkyl halides is 1. The third kappa shape index (κ3) is 5.90. The first-order valence-corrected chi connectivity index (χ1v) is 12.8. The van der Waals surface area contributed by atoms with Crippen LogP contribution in [0.1, 0.15) is 46.9 Å². The summed E-state index contributed by atoms with van der Waals surface area (Å²) in [4.78, 5) is 60.2. The molecule has 1 aromatic rings. The third-order valence-electron chi connectivity index (χ3n) is 4.79. The number of amides is 2. The number of ether oxygens (including phenoxy) is 1. The number of oxime groups is 1. The molecule has 1 aromatic heterocycles. The predicted octanol–water partition coefficient (Wildman–Crippen LogP) is 1.29. The predicted molar refractivity (Wildman–Crippen MR) is 132 cm³/mol. The number of carbonyl (C=O) groups is 4. The van der Waals surface area contributed by atoms with Crippen molar-refractivity contribution in [1.29, 1.82) is 0 Å². The molecule has 16 heteroatoms. The number of rotatable bonds is 8. The van der Waals surface area contributed by atoms with Crippen LogP contribution in [-0.2, 0) is 28.8 Å². The number of nitrogens with two attached hydrogens (primary N) is 1. The van der Waals surface area contributed by atoms with Gasteiger partial charge >= 0.3 is 11.9 Å². The molecule has 0 aromatic carbocycles. The summed E-state index contributed by atoms with van der Waals surface area (Å²) < 4.78 is 9.32. The quantitative estimate of drug-likeness (QED) is 0.137. The van der Waals surface area contributed by atoms with Gasteiger partial charge in [-0.05, 0) is 34.6 Å². The maximum atomic E-state index is 13.3. The first-order valence-electron chi connectivity index (χ1n) is 10.5. The Kier molecular flexibility index (Phi) is 7.86. The Bertz CT molecular complexity index is 1160. The molecule has 2 aliphatic heterocycles. The normalized spacial score (nSPS) is 20.4. The summed E-state index contributed by atoms with van der Waals surface area (Å²) in [5, 5.41) is 14.9. The molecule has 0 saturated carbocycles. The van der Waals surface area contributed by atoms with E-state index in [-0.39, 0.29) is 40.4 Å². The van der Waals surface area contributed by atoms with Crippen LogP contribution in [0.3, 0.4) is 0 Å². The van der Waals surface area contributed by atoms with E-state index in [0.717, 1.165) is 28.2 Å². The lowest BCUT2D eigenvalue weighted by molar-refractivity contribution is -0.179. The topological polar surface area (TPSA) is 186 Å². The summed E-state index contributed by atoms with van der Waals surface area (Å²) in [6.45, 7) is 7.90. The second kappa shape index (κ2) is 10.2. The number of aliphatic carboxylic acids is 1. The fourth-order valence-electron chi connectivity index (χ4n) is 3.08. The summed E-state index contributed by atoms with van der Waals surface area (Å²) in [5.74, 6) is -3.66. The zero-order valence-electron chi connectivity index (χ0n) is 20.0. The Hall–Kier alpha value is -2.91. The highest BCUT2D eigenvalue weighted by atomic mass is 35.5. The van der Waals surface area contributed by atoms with Gasteiger partial charge in [-0.1, -0.05) is 5.16 Å². The fraction of sp³-hybridized carbons (Fsp3) is 0.550. The Morgan fingerprint density at radius 3 is 2.47 bits per heavy atom. The molecule has 1 fully saturated rings. The number of hydrogen-bond acceptors (Lipinski definition) is 12. The van der Waals surface area contributed by atoms with Crippen LogP contribution in [0.5, 0.6) is 0 Å². The number of fused-ring (bicyclic) bond motifs is 1. The van der Waals surface area contributed by atoms with Crippen molar-refractivity contribution in [2.45, 2.75) is 63.0 Å². The summed E-state index contributed by atoms with van der Waals surface area (Å²) in [6.07, 6.45) is 0.113. The Morgan fingerprint density at radius 1 is 1.31 bits per heavy atom. The molecular weight excluding hydrogens is 536 g/mol. The van der Waals surface area contributed by atoms with E-state index < -0.39 is 45.5 Å². The van der Waals surface area contributed by atoms with Gasteiger partial charge in [0.15, 0.2) is 5.13 Å². The van der Waals surface area contributed by atoms with Crippen molar-refractivity contribution >= 4 is 69.5 Å². The molecule has 0 aliphatic carbocycles. The number of nitrogens with zero attached hydrogens (tertiary/aromatic N) is 4. The minimum absolute atomic E-state index is 0.0575. The standard InChI is InChI=1S/C20H25ClN6O7S2/c1-19(2,3)33-17(32)20(4,5)34-25-11(13-23-18(22)36-26-13)14(29)24-15-8(7-21)12(16(30)31)27-9(28)6-10(27)35-15/h10,15H,6-7H2,1-5H3,(H,24,29)(H,30,31)(H2,22,23,26)/b25-11-. The summed E-state index contributed by atoms with van der Waals surface area (Å²) in [5.41, 5.74) is 2.75. The molecule has 2 amide bonds. The molecule has 0 radical (unpaired) electrons. The van der Waals surface area contributed by atoms with Crippen LogP contribution in [0.4, 0.5) is 5.13 Å². The lowest BCUT2D eigenvalue weighted by Gasteiger charge is -2.46. The van der Waals surface area contributed by atoms with Crippen LogP contribution >= 0.6 is 34.9 Å². The Labute approximate surface area is 219 Å². The van der Waals surface area contributed by atoms with Crippen molar-refractivity contribution in [2.24, 2.45) is 5.16 Å². The van der Waals surface area contributed by atoms with E-state index in [9.17, 15) is 24.3 Å². The lowest BCUT2D eigenvalue weighted by atomic mass is 10.1. The second-order valence-corrected chi connectivity index (χ2v) is 11.6. The number of thioether (sulfide) groups is 1. The smallest absolute Gasteiger partial charge is 0.353 e. The van der Waals surface area contributed by atoms with Crippen molar-refractivity contribution in [3.05, 3.63) is 17.1 Å². The van der Waals surface area contributed by atoms with Crippen LogP contribution in [0.15, 0.2) is 16.4 Å². The van der Waals surface area contributed by atoms with E-state index in [1.54, 1.807) is 20.8 Å². The van der Waals surface area contributed by atoms with Gasteiger partial charge in [0.2, 0.25) is 23.0 Å². The Balaban J connectivity index is 1.90. The monoisotopic (exact) mass is 560 g/mol. The zero-order valence-corrected chi connectivity index (χ0v) is 22.4. The van der Waals surface area contributed by atoms with E-state index >= 15 is 0 Å². The van der Waals surface area contributed by atoms with E-state index in [0.29, 0.717) is 0 Å². The average Bonchev–Trinajstić information content (AvgIpc) is 3.17. The number of halogens is 1. The molecule has 36 heavy (non-hydrogen) atoms. The number of β-lactam (4-membered cyclic amide) rings is 1. The van der Waals surface area contributed by atoms with E-state index in [1.165, 1.54) is 13.8 Å². The van der Waals surface area contributed by atoms with E-state index in [2.05, 4.69) is 19.8 Å². The van der Waals surface area contributed by atoms with Gasteiger partial charge in [0.25, 0.3) is 5.91 Å². The molecule has 2 atom stereocenters. The highest BCUT2D eigenvalue weighted by molar-refractivity contribution is 8.00. The highest BCUT2D eigenvalue weighted by Gasteiger charge is 2.49. The molecule has 0 bridgehead atoms. The molecule has 196 valence electrons. The van der Waals surface area contributed by atoms with E-state index in [4.69, 9.17) is 26.9 Å². The molecule has 3 rings (SSSR count). The van der Waals surface area contributed by atoms with Crippen LogP contribution in [0.25, 0.3) is 0 Å². The van der Waals surface area contributed by atoms with Crippen LogP contribution in [-0.4, -0.2) is 76.7 Å². The molecule has 2 unspecified atom stereocenters. The third-order valence-corrected chi connectivity index (χ3v) is 6.99. The fourth-order valence-corrected chi connectivity index (χ4v) is 5.32. The van der Waals surface area contributed by atoms with Crippen molar-refractivity contribution in [1.82, 2.24) is 19.6 Å². The maximum Gasteiger partial charge on any atom is 0.353 e. The number of anilines is 1. The first kappa shape index (κ1) is 27.7. The number of hydrogen-bond donors (Lipinski definition) is 3. The number of carboxylic acid groups (broad SMARTS) is 1. The number of esters is 1. The van der Waals surface area contributed by atoms with Crippen LogP contribution in [0.2, 0.25) is 0 Å².